The Bertz CT molecular complexity index is 136. The highest BCUT2D eigenvalue weighted by Crippen LogP contribution is 2.16. The van der Waals surface area contributed by atoms with E-state index in [1.54, 1.807) is 6.92 Å². The third-order valence-corrected chi connectivity index (χ3v) is 1.47. The van der Waals surface area contributed by atoms with Crippen LogP contribution < -0.4 is 0 Å². The molecule has 1 heteroatoms. The molecule has 0 aliphatic heterocycles. The molecule has 1 atom stereocenters. The van der Waals surface area contributed by atoms with Crippen LogP contribution in [0.4, 0.5) is 4.39 Å². The predicted molar refractivity (Wildman–Crippen MR) is 43.8 cm³/mol. The molecule has 0 fully saturated rings. The van der Waals surface area contributed by atoms with Crippen LogP contribution in [0.1, 0.15) is 26.7 Å². The van der Waals surface area contributed by atoms with Crippen LogP contribution in [-0.4, -0.2) is 6.17 Å². The van der Waals surface area contributed by atoms with Crippen LogP contribution >= 0.6 is 0 Å². The van der Waals surface area contributed by atoms with Gasteiger partial charge in [-0.2, -0.15) is 0 Å². The summed E-state index contributed by atoms with van der Waals surface area (Å²) in [5.41, 5.74) is 1.29. The van der Waals surface area contributed by atoms with E-state index in [-0.39, 0.29) is 0 Å². The smallest absolute Gasteiger partial charge is 0.125 e. The Morgan fingerprint density at radius 1 is 1.50 bits per heavy atom. The summed E-state index contributed by atoms with van der Waals surface area (Å²) in [6.07, 6.45) is 0.529. The average Bonchev–Trinajstić information content (AvgIpc) is 1.87. The summed E-state index contributed by atoms with van der Waals surface area (Å²) in [6, 6.07) is 0. The molecule has 0 N–H and O–H groups in total. The maximum Gasteiger partial charge on any atom is 0.125 e. The molecule has 0 spiro atoms. The highest BCUT2D eigenvalue weighted by Gasteiger charge is 2.08. The normalized spacial score (nSPS) is 12.7. The second-order valence-corrected chi connectivity index (χ2v) is 2.56. The van der Waals surface area contributed by atoms with Crippen LogP contribution in [0.3, 0.4) is 0 Å². The summed E-state index contributed by atoms with van der Waals surface area (Å²) in [5.74, 6) is 0. The van der Waals surface area contributed by atoms with Crippen molar-refractivity contribution in [2.24, 2.45) is 0 Å². The predicted octanol–water partition coefficient (Wildman–Crippen LogP) is 3.26. The molecular formula is C9H15F. The number of rotatable bonds is 4. The van der Waals surface area contributed by atoms with E-state index in [0.717, 1.165) is 12.0 Å². The molecule has 0 saturated heterocycles. The fourth-order valence-electron chi connectivity index (χ4n) is 0.695. The quantitative estimate of drug-likeness (QED) is 0.528. The van der Waals surface area contributed by atoms with Crippen molar-refractivity contribution in [1.82, 2.24) is 0 Å². The lowest BCUT2D eigenvalue weighted by Crippen LogP contribution is -2.02. The third kappa shape index (κ3) is 2.81. The van der Waals surface area contributed by atoms with Gasteiger partial charge in [0, 0.05) is 0 Å². The molecule has 0 rings (SSSR count). The summed E-state index contributed by atoms with van der Waals surface area (Å²) in [5, 5.41) is 0. The van der Waals surface area contributed by atoms with Gasteiger partial charge in [0.2, 0.25) is 0 Å². The molecule has 0 nitrogen and oxygen atoms in total. The Kier molecular flexibility index (Phi) is 4.01. The van der Waals surface area contributed by atoms with Gasteiger partial charge in [-0.3, -0.25) is 0 Å². The molecule has 0 aromatic carbocycles. The number of halogens is 1. The van der Waals surface area contributed by atoms with Crippen molar-refractivity contribution in [2.45, 2.75) is 32.9 Å². The molecular weight excluding hydrogens is 127 g/mol. The van der Waals surface area contributed by atoms with Gasteiger partial charge in [-0.05, 0) is 18.9 Å². The third-order valence-electron chi connectivity index (χ3n) is 1.47. The van der Waals surface area contributed by atoms with Crippen LogP contribution in [0.2, 0.25) is 0 Å². The zero-order chi connectivity index (χ0) is 8.15. The summed E-state index contributed by atoms with van der Waals surface area (Å²) in [7, 11) is 0. The van der Waals surface area contributed by atoms with E-state index in [1.807, 2.05) is 6.92 Å². The minimum absolute atomic E-state index is 0.543. The number of alkyl halides is 1. The summed E-state index contributed by atoms with van der Waals surface area (Å²) < 4.78 is 12.9. The lowest BCUT2D eigenvalue weighted by molar-refractivity contribution is 0.362. The van der Waals surface area contributed by atoms with Crippen LogP contribution in [0, 0.1) is 0 Å². The number of hydrogen-bond acceptors (Lipinski definition) is 0. The van der Waals surface area contributed by atoms with Crippen LogP contribution in [0.15, 0.2) is 24.3 Å². The van der Waals surface area contributed by atoms with E-state index < -0.39 is 6.17 Å². The Balaban J connectivity index is 3.82. The summed E-state index contributed by atoms with van der Waals surface area (Å²) in [4.78, 5) is 0. The zero-order valence-corrected chi connectivity index (χ0v) is 6.78. The molecule has 0 aliphatic carbocycles. The number of allylic oxidation sites excluding steroid dienone is 2. The van der Waals surface area contributed by atoms with Crippen molar-refractivity contribution in [3.05, 3.63) is 24.3 Å². The molecule has 0 saturated carbocycles. The Morgan fingerprint density at radius 3 is 2.30 bits per heavy atom. The van der Waals surface area contributed by atoms with E-state index in [0.29, 0.717) is 12.0 Å². The van der Waals surface area contributed by atoms with Gasteiger partial charge in [0.15, 0.2) is 0 Å². The van der Waals surface area contributed by atoms with Crippen molar-refractivity contribution in [3.8, 4) is 0 Å². The molecule has 0 amide bonds. The van der Waals surface area contributed by atoms with Gasteiger partial charge in [0.25, 0.3) is 0 Å². The van der Waals surface area contributed by atoms with Crippen LogP contribution in [0.25, 0.3) is 0 Å². The molecule has 1 unspecified atom stereocenters. The molecule has 0 radical (unpaired) electrons. The van der Waals surface area contributed by atoms with Crippen molar-refractivity contribution in [3.63, 3.8) is 0 Å². The van der Waals surface area contributed by atoms with Crippen molar-refractivity contribution in [2.75, 3.05) is 0 Å². The molecule has 0 aliphatic rings. The highest BCUT2D eigenvalue weighted by atomic mass is 19.1. The minimum Gasteiger partial charge on any atom is -0.242 e. The van der Waals surface area contributed by atoms with Crippen molar-refractivity contribution < 1.29 is 4.39 Å². The summed E-state index contributed by atoms with van der Waals surface area (Å²) >= 11 is 0. The van der Waals surface area contributed by atoms with E-state index >= 15 is 0 Å². The standard InChI is InChI=1S/C9H15F/c1-5-6-9(10)8(4)7(2)3/h9H,2,4-6H2,1,3H3. The topological polar surface area (TPSA) is 0 Å². The van der Waals surface area contributed by atoms with Gasteiger partial charge in [-0.1, -0.05) is 32.1 Å². The largest absolute Gasteiger partial charge is 0.242 e. The highest BCUT2D eigenvalue weighted by molar-refractivity contribution is 5.26. The van der Waals surface area contributed by atoms with Gasteiger partial charge >= 0.3 is 0 Å². The Labute approximate surface area is 62.4 Å². The Morgan fingerprint density at radius 2 is 2.00 bits per heavy atom. The SMILES string of the molecule is C=C(C)C(=C)C(F)CCC. The fraction of sp³-hybridized carbons (Fsp3) is 0.556. The van der Waals surface area contributed by atoms with Gasteiger partial charge in [0.1, 0.15) is 6.17 Å². The molecule has 0 aromatic heterocycles. The first-order valence-corrected chi connectivity index (χ1v) is 3.58. The van der Waals surface area contributed by atoms with Crippen molar-refractivity contribution >= 4 is 0 Å². The second-order valence-electron chi connectivity index (χ2n) is 2.56. The average molecular weight is 142 g/mol. The van der Waals surface area contributed by atoms with E-state index in [1.165, 1.54) is 0 Å². The maximum absolute atomic E-state index is 12.9. The molecule has 58 valence electrons. The van der Waals surface area contributed by atoms with Gasteiger partial charge in [-0.15, -0.1) is 0 Å². The van der Waals surface area contributed by atoms with E-state index in [9.17, 15) is 4.39 Å². The molecule has 0 heterocycles. The van der Waals surface area contributed by atoms with Crippen LogP contribution in [0.5, 0.6) is 0 Å². The van der Waals surface area contributed by atoms with Gasteiger partial charge in [0.05, 0.1) is 0 Å². The summed E-state index contributed by atoms with van der Waals surface area (Å²) in [6.45, 7) is 11.0. The maximum atomic E-state index is 12.9. The molecule has 10 heavy (non-hydrogen) atoms. The van der Waals surface area contributed by atoms with Gasteiger partial charge in [-0.25, -0.2) is 4.39 Å². The molecule has 0 aromatic rings. The Hall–Kier alpha value is -0.590. The van der Waals surface area contributed by atoms with E-state index in [2.05, 4.69) is 13.2 Å². The first-order chi connectivity index (χ1) is 4.59. The molecule has 0 bridgehead atoms. The first kappa shape index (κ1) is 9.41. The fourth-order valence-corrected chi connectivity index (χ4v) is 0.695. The van der Waals surface area contributed by atoms with Crippen molar-refractivity contribution in [1.29, 1.82) is 0 Å². The lowest BCUT2D eigenvalue weighted by Gasteiger charge is -2.08. The zero-order valence-electron chi connectivity index (χ0n) is 6.78. The second kappa shape index (κ2) is 4.26. The van der Waals surface area contributed by atoms with Crippen LogP contribution in [-0.2, 0) is 0 Å². The first-order valence-electron chi connectivity index (χ1n) is 3.58. The van der Waals surface area contributed by atoms with Gasteiger partial charge < -0.3 is 0 Å². The van der Waals surface area contributed by atoms with E-state index in [4.69, 9.17) is 0 Å². The number of hydrogen-bond donors (Lipinski definition) is 0. The lowest BCUT2D eigenvalue weighted by atomic mass is 10.0. The monoisotopic (exact) mass is 142 g/mol. The minimum atomic E-state index is -0.887.